The van der Waals surface area contributed by atoms with Gasteiger partial charge in [-0.2, -0.15) is 0 Å². The third-order valence-corrected chi connectivity index (χ3v) is 6.02. The van der Waals surface area contributed by atoms with Gasteiger partial charge in [-0.3, -0.25) is 9.00 Å². The molecular weight excluding hydrogens is 358 g/mol. The molecule has 0 N–H and O–H groups in total. The number of hydrogen-bond donors (Lipinski definition) is 0. The lowest BCUT2D eigenvalue weighted by Crippen LogP contribution is -2.08. The number of aromatic nitrogens is 1. The molecule has 1 heterocycles. The van der Waals surface area contributed by atoms with Crippen molar-refractivity contribution in [3.8, 4) is 0 Å². The Morgan fingerprint density at radius 2 is 1.70 bits per heavy atom. The predicted molar refractivity (Wildman–Crippen MR) is 105 cm³/mol. The molecule has 0 bridgehead atoms. The lowest BCUT2D eigenvalue weighted by Gasteiger charge is -2.10. The van der Waals surface area contributed by atoms with E-state index in [4.69, 9.17) is 4.52 Å². The normalized spacial score (nSPS) is 14.9. The molecule has 138 valence electrons. The summed E-state index contributed by atoms with van der Waals surface area (Å²) >= 11 is 0. The fraction of sp³-hybridized carbons (Fsp3) is 0.273. The maximum atomic E-state index is 13.1. The minimum Gasteiger partial charge on any atom is -0.360 e. The average Bonchev–Trinajstić information content (AvgIpc) is 3.42. The predicted octanol–water partition coefficient (Wildman–Crippen LogP) is 4.31. The van der Waals surface area contributed by atoms with Crippen LogP contribution < -0.4 is 0 Å². The molecular formula is C22H21NO3S. The molecule has 4 rings (SSSR count). The number of aryl methyl sites for hydroxylation is 2. The van der Waals surface area contributed by atoms with E-state index >= 15 is 0 Å². The van der Waals surface area contributed by atoms with E-state index in [2.05, 4.69) is 5.16 Å². The highest BCUT2D eigenvalue weighted by molar-refractivity contribution is 7.84. The lowest BCUT2D eigenvalue weighted by atomic mass is 9.94. The standard InChI is InChI=1S/C22H21NO3S/c1-27(25)20-9-5-3-7-16(20)11-10-15-6-2-4-8-18(15)21(24)19-14-23-26-22(19)17-12-13-17/h2-9,14,17H,10-13H2,1H3. The number of nitrogens with zero attached hydrogens (tertiary/aromatic N) is 1. The minimum absolute atomic E-state index is 0.0268. The molecule has 1 atom stereocenters. The van der Waals surface area contributed by atoms with Gasteiger partial charge in [0.15, 0.2) is 11.5 Å². The number of carbonyl (C=O) groups is 1. The topological polar surface area (TPSA) is 60.2 Å². The van der Waals surface area contributed by atoms with Gasteiger partial charge in [0.2, 0.25) is 0 Å². The van der Waals surface area contributed by atoms with Gasteiger partial charge in [-0.25, -0.2) is 0 Å². The van der Waals surface area contributed by atoms with E-state index in [1.54, 1.807) is 12.5 Å². The number of hydrogen-bond acceptors (Lipinski definition) is 4. The van der Waals surface area contributed by atoms with Crippen LogP contribution >= 0.6 is 0 Å². The van der Waals surface area contributed by atoms with Gasteiger partial charge < -0.3 is 4.52 Å². The molecule has 27 heavy (non-hydrogen) atoms. The maximum absolute atomic E-state index is 13.1. The van der Waals surface area contributed by atoms with Gasteiger partial charge in [-0.15, -0.1) is 0 Å². The molecule has 4 nitrogen and oxygen atoms in total. The van der Waals surface area contributed by atoms with Gasteiger partial charge in [0.25, 0.3) is 0 Å². The first-order valence-electron chi connectivity index (χ1n) is 9.13. The average molecular weight is 379 g/mol. The molecule has 1 saturated carbocycles. The molecule has 1 fully saturated rings. The van der Waals surface area contributed by atoms with Crippen LogP contribution in [0.1, 0.15) is 51.6 Å². The van der Waals surface area contributed by atoms with Crippen molar-refractivity contribution in [3.63, 3.8) is 0 Å². The van der Waals surface area contributed by atoms with E-state index in [0.717, 1.165) is 41.0 Å². The van der Waals surface area contributed by atoms with Gasteiger partial charge in [0, 0.05) is 22.6 Å². The quantitative estimate of drug-likeness (QED) is 0.574. The highest BCUT2D eigenvalue weighted by Crippen LogP contribution is 2.42. The van der Waals surface area contributed by atoms with E-state index in [-0.39, 0.29) is 5.78 Å². The molecule has 0 amide bonds. The summed E-state index contributed by atoms with van der Waals surface area (Å²) in [6.45, 7) is 0. The van der Waals surface area contributed by atoms with Crippen LogP contribution in [0.5, 0.6) is 0 Å². The molecule has 0 radical (unpaired) electrons. The van der Waals surface area contributed by atoms with Crippen LogP contribution in [0, 0.1) is 0 Å². The number of benzene rings is 2. The molecule has 5 heteroatoms. The zero-order valence-electron chi connectivity index (χ0n) is 15.2. The molecule has 1 aliphatic carbocycles. The van der Waals surface area contributed by atoms with Crippen molar-refractivity contribution in [2.24, 2.45) is 0 Å². The number of carbonyl (C=O) groups excluding carboxylic acids is 1. The molecule has 0 aliphatic heterocycles. The summed E-state index contributed by atoms with van der Waals surface area (Å²) in [5.41, 5.74) is 3.32. The molecule has 0 saturated heterocycles. The maximum Gasteiger partial charge on any atom is 0.198 e. The summed E-state index contributed by atoms with van der Waals surface area (Å²) in [5.74, 6) is 1.03. The fourth-order valence-corrected chi connectivity index (χ4v) is 4.23. The van der Waals surface area contributed by atoms with Gasteiger partial charge in [-0.1, -0.05) is 47.6 Å². The molecule has 0 spiro atoms. The van der Waals surface area contributed by atoms with Crippen LogP contribution in [-0.2, 0) is 23.6 Å². The Hall–Kier alpha value is -2.53. The summed E-state index contributed by atoms with van der Waals surface area (Å²) in [7, 11) is -1.03. The van der Waals surface area contributed by atoms with Crippen molar-refractivity contribution in [2.45, 2.75) is 36.5 Å². The van der Waals surface area contributed by atoms with Crippen molar-refractivity contribution >= 4 is 16.6 Å². The van der Waals surface area contributed by atoms with E-state index in [9.17, 15) is 9.00 Å². The second kappa shape index (κ2) is 7.61. The SMILES string of the molecule is CS(=O)c1ccccc1CCc1ccccc1C(=O)c1cnoc1C1CC1. The van der Waals surface area contributed by atoms with E-state index in [0.29, 0.717) is 23.5 Å². The van der Waals surface area contributed by atoms with Crippen LogP contribution in [0.25, 0.3) is 0 Å². The zero-order chi connectivity index (χ0) is 18.8. The van der Waals surface area contributed by atoms with Gasteiger partial charge in [0.05, 0.1) is 22.6 Å². The molecule has 1 unspecified atom stereocenters. The van der Waals surface area contributed by atoms with Crippen molar-refractivity contribution in [1.82, 2.24) is 5.16 Å². The highest BCUT2D eigenvalue weighted by atomic mass is 32.2. The smallest absolute Gasteiger partial charge is 0.198 e. The van der Waals surface area contributed by atoms with Crippen molar-refractivity contribution in [1.29, 1.82) is 0 Å². The Bertz CT molecular complexity index is 1000. The van der Waals surface area contributed by atoms with E-state index in [1.165, 1.54) is 0 Å². The highest BCUT2D eigenvalue weighted by Gasteiger charge is 2.33. The lowest BCUT2D eigenvalue weighted by molar-refractivity contribution is 0.103. The summed E-state index contributed by atoms with van der Waals surface area (Å²) in [5, 5.41) is 3.85. The first kappa shape index (κ1) is 17.9. The number of rotatable bonds is 7. The molecule has 3 aromatic rings. The second-order valence-corrected chi connectivity index (χ2v) is 8.27. The summed E-state index contributed by atoms with van der Waals surface area (Å²) in [6, 6.07) is 15.5. The first-order valence-corrected chi connectivity index (χ1v) is 10.7. The zero-order valence-corrected chi connectivity index (χ0v) is 16.0. The third-order valence-electron chi connectivity index (χ3n) is 5.00. The van der Waals surface area contributed by atoms with Gasteiger partial charge in [-0.05, 0) is 42.9 Å². The summed E-state index contributed by atoms with van der Waals surface area (Å²) in [4.78, 5) is 14.0. The summed E-state index contributed by atoms with van der Waals surface area (Å²) < 4.78 is 17.3. The van der Waals surface area contributed by atoms with Gasteiger partial charge >= 0.3 is 0 Å². The third kappa shape index (κ3) is 3.78. The Kier molecular flexibility index (Phi) is 5.03. The Morgan fingerprint density at radius 1 is 1.04 bits per heavy atom. The molecule has 1 aliphatic rings. The van der Waals surface area contributed by atoms with Crippen molar-refractivity contribution in [3.05, 3.63) is 82.7 Å². The largest absolute Gasteiger partial charge is 0.360 e. The summed E-state index contributed by atoms with van der Waals surface area (Å²) in [6.07, 6.45) is 6.80. The molecule has 2 aromatic carbocycles. The number of ketones is 1. The van der Waals surface area contributed by atoms with Crippen molar-refractivity contribution in [2.75, 3.05) is 6.26 Å². The molecule has 1 aromatic heterocycles. The van der Waals surface area contributed by atoms with E-state index < -0.39 is 10.8 Å². The van der Waals surface area contributed by atoms with E-state index in [1.807, 2.05) is 48.5 Å². The Labute approximate surface area is 161 Å². The van der Waals surface area contributed by atoms with Crippen LogP contribution in [-0.4, -0.2) is 21.4 Å². The Morgan fingerprint density at radius 3 is 2.44 bits per heavy atom. The monoisotopic (exact) mass is 379 g/mol. The second-order valence-electron chi connectivity index (χ2n) is 6.93. The fourth-order valence-electron chi connectivity index (χ4n) is 3.42. The minimum atomic E-state index is -1.03. The van der Waals surface area contributed by atoms with Gasteiger partial charge in [0.1, 0.15) is 0 Å². The van der Waals surface area contributed by atoms with Crippen molar-refractivity contribution < 1.29 is 13.5 Å². The van der Waals surface area contributed by atoms with Crippen LogP contribution in [0.2, 0.25) is 0 Å². The van der Waals surface area contributed by atoms with Crippen LogP contribution in [0.15, 0.2) is 64.1 Å². The van der Waals surface area contributed by atoms with Crippen LogP contribution in [0.4, 0.5) is 0 Å². The first-order chi connectivity index (χ1) is 13.1. The van der Waals surface area contributed by atoms with Crippen LogP contribution in [0.3, 0.4) is 0 Å². The Balaban J connectivity index is 1.59.